The van der Waals surface area contributed by atoms with E-state index < -0.39 is 34.1 Å². The van der Waals surface area contributed by atoms with Crippen LogP contribution in [0.1, 0.15) is 50.8 Å². The molecule has 3 aromatic rings. The topological polar surface area (TPSA) is 86.8 Å². The van der Waals surface area contributed by atoms with E-state index >= 15 is 0 Å². The Hall–Kier alpha value is -3.36. The van der Waals surface area contributed by atoms with Crippen molar-refractivity contribution in [2.24, 2.45) is 0 Å². The normalized spacial score (nSPS) is 12.5. The molecule has 0 saturated heterocycles. The molecule has 3 aromatic carbocycles. The van der Waals surface area contributed by atoms with Crippen molar-refractivity contribution in [1.29, 1.82) is 0 Å². The molecule has 0 spiro atoms. The predicted octanol–water partition coefficient (Wildman–Crippen LogP) is 5.87. The number of hydrogen-bond acceptors (Lipinski definition) is 4. The molecule has 40 heavy (non-hydrogen) atoms. The predicted molar refractivity (Wildman–Crippen MR) is 161 cm³/mol. The molecule has 0 saturated carbocycles. The van der Waals surface area contributed by atoms with Crippen molar-refractivity contribution in [2.75, 3.05) is 10.8 Å². The minimum absolute atomic E-state index is 0.0532. The quantitative estimate of drug-likeness (QED) is 0.323. The lowest BCUT2D eigenvalue weighted by molar-refractivity contribution is -0.141. The summed E-state index contributed by atoms with van der Waals surface area (Å²) >= 11 is 6.39. The maximum absolute atomic E-state index is 14.1. The highest BCUT2D eigenvalue weighted by molar-refractivity contribution is 7.92. The van der Waals surface area contributed by atoms with E-state index in [-0.39, 0.29) is 17.3 Å². The lowest BCUT2D eigenvalue weighted by atomic mass is 10.1. The average Bonchev–Trinajstić information content (AvgIpc) is 2.88. The van der Waals surface area contributed by atoms with Crippen LogP contribution in [0.25, 0.3) is 0 Å². The van der Waals surface area contributed by atoms with Gasteiger partial charge in [0.2, 0.25) is 11.8 Å². The molecular weight excluding hydrogens is 546 g/mol. The van der Waals surface area contributed by atoms with Gasteiger partial charge in [0.05, 0.1) is 10.6 Å². The summed E-state index contributed by atoms with van der Waals surface area (Å²) in [5, 5.41) is 3.35. The summed E-state index contributed by atoms with van der Waals surface area (Å²) in [6.07, 6.45) is 0.349. The number of benzene rings is 3. The fraction of sp³-hybridized carbons (Fsp3) is 0.355. The highest BCUT2D eigenvalue weighted by Crippen LogP contribution is 2.31. The van der Waals surface area contributed by atoms with E-state index in [1.807, 2.05) is 65.0 Å². The van der Waals surface area contributed by atoms with Crippen LogP contribution in [0, 0.1) is 13.8 Å². The van der Waals surface area contributed by atoms with E-state index in [2.05, 4.69) is 5.32 Å². The summed E-state index contributed by atoms with van der Waals surface area (Å²) < 4.78 is 29.1. The molecule has 3 rings (SSSR count). The molecule has 2 amide bonds. The molecule has 0 heterocycles. The summed E-state index contributed by atoms with van der Waals surface area (Å²) in [5.41, 5.74) is 2.05. The van der Waals surface area contributed by atoms with Gasteiger partial charge in [-0.05, 0) is 76.4 Å². The number of carbonyl (C=O) groups is 2. The summed E-state index contributed by atoms with van der Waals surface area (Å²) in [6, 6.07) is 19.9. The van der Waals surface area contributed by atoms with Gasteiger partial charge < -0.3 is 10.2 Å². The minimum Gasteiger partial charge on any atom is -0.350 e. The molecule has 214 valence electrons. The number of carbonyl (C=O) groups excluding carboxylic acids is 2. The van der Waals surface area contributed by atoms with Crippen LogP contribution in [-0.2, 0) is 26.2 Å². The van der Waals surface area contributed by atoms with Gasteiger partial charge in [0, 0.05) is 17.1 Å². The third-order valence-electron chi connectivity index (χ3n) is 6.48. The standard InChI is InChI=1S/C31H38ClN3O4S/c1-7-27(30(37)33-31(4,5)6)34(20-24-12-9-8-10-13-24)29(36)21-35(28-15-11-14-26(32)23(28)3)40(38,39)25-18-16-22(2)17-19-25/h8-19,27H,7,20-21H2,1-6H3,(H,33,37). The molecule has 0 radical (unpaired) electrons. The number of rotatable bonds is 10. The zero-order valence-electron chi connectivity index (χ0n) is 23.9. The van der Waals surface area contributed by atoms with Crippen LogP contribution in [0.2, 0.25) is 5.02 Å². The van der Waals surface area contributed by atoms with Gasteiger partial charge in [-0.25, -0.2) is 8.42 Å². The molecule has 0 aliphatic rings. The van der Waals surface area contributed by atoms with E-state index in [0.29, 0.717) is 22.7 Å². The van der Waals surface area contributed by atoms with Crippen LogP contribution < -0.4 is 9.62 Å². The third kappa shape index (κ3) is 7.64. The van der Waals surface area contributed by atoms with E-state index in [1.165, 1.54) is 17.0 Å². The first kappa shape index (κ1) is 31.2. The first-order valence-corrected chi connectivity index (χ1v) is 15.1. The highest BCUT2D eigenvalue weighted by Gasteiger charge is 2.35. The SMILES string of the molecule is CCC(C(=O)NC(C)(C)C)N(Cc1ccccc1)C(=O)CN(c1cccc(Cl)c1C)S(=O)(=O)c1ccc(C)cc1. The number of nitrogens with one attached hydrogen (secondary N) is 1. The first-order chi connectivity index (χ1) is 18.7. The van der Waals surface area contributed by atoms with Crippen LogP contribution in [-0.4, -0.2) is 43.3 Å². The summed E-state index contributed by atoms with van der Waals surface area (Å²) in [7, 11) is -4.17. The van der Waals surface area contributed by atoms with E-state index in [1.54, 1.807) is 37.3 Å². The monoisotopic (exact) mass is 583 g/mol. The van der Waals surface area contributed by atoms with Gasteiger partial charge in [0.15, 0.2) is 0 Å². The first-order valence-electron chi connectivity index (χ1n) is 13.2. The minimum atomic E-state index is -4.17. The van der Waals surface area contributed by atoms with Gasteiger partial charge in [-0.3, -0.25) is 13.9 Å². The van der Waals surface area contributed by atoms with Crippen LogP contribution in [0.3, 0.4) is 0 Å². The summed E-state index contributed by atoms with van der Waals surface area (Å²) in [6.45, 7) is 10.7. The van der Waals surface area contributed by atoms with Crippen LogP contribution in [0.5, 0.6) is 0 Å². The van der Waals surface area contributed by atoms with E-state index in [9.17, 15) is 18.0 Å². The van der Waals surface area contributed by atoms with Crippen molar-refractivity contribution in [2.45, 2.75) is 71.0 Å². The maximum Gasteiger partial charge on any atom is 0.264 e. The number of anilines is 1. The number of amides is 2. The Bertz CT molecular complexity index is 1440. The lowest BCUT2D eigenvalue weighted by Gasteiger charge is -2.35. The zero-order valence-corrected chi connectivity index (χ0v) is 25.5. The fourth-order valence-corrected chi connectivity index (χ4v) is 6.01. The molecule has 0 fully saturated rings. The third-order valence-corrected chi connectivity index (χ3v) is 8.66. The highest BCUT2D eigenvalue weighted by atomic mass is 35.5. The molecule has 0 aromatic heterocycles. The van der Waals surface area contributed by atoms with Crippen molar-refractivity contribution in [3.05, 3.63) is 94.5 Å². The van der Waals surface area contributed by atoms with E-state index in [4.69, 9.17) is 11.6 Å². The van der Waals surface area contributed by atoms with Gasteiger partial charge in [-0.2, -0.15) is 0 Å². The zero-order chi connectivity index (χ0) is 29.7. The van der Waals surface area contributed by atoms with Gasteiger partial charge in [0.1, 0.15) is 12.6 Å². The molecule has 9 heteroatoms. The average molecular weight is 584 g/mol. The number of sulfonamides is 1. The number of nitrogens with zero attached hydrogens (tertiary/aromatic N) is 2. The Morgan fingerprint density at radius 2 is 1.55 bits per heavy atom. The van der Waals surface area contributed by atoms with Crippen molar-refractivity contribution in [1.82, 2.24) is 10.2 Å². The maximum atomic E-state index is 14.1. The Morgan fingerprint density at radius 3 is 2.12 bits per heavy atom. The van der Waals surface area contributed by atoms with E-state index in [0.717, 1.165) is 15.4 Å². The van der Waals surface area contributed by atoms with Gasteiger partial charge in [-0.15, -0.1) is 0 Å². The van der Waals surface area contributed by atoms with Gasteiger partial charge in [-0.1, -0.05) is 72.6 Å². The van der Waals surface area contributed by atoms with Crippen LogP contribution in [0.15, 0.2) is 77.7 Å². The largest absolute Gasteiger partial charge is 0.350 e. The molecule has 1 atom stereocenters. The van der Waals surface area contributed by atoms with Crippen molar-refractivity contribution < 1.29 is 18.0 Å². The van der Waals surface area contributed by atoms with Crippen molar-refractivity contribution in [3.8, 4) is 0 Å². The molecule has 0 aliphatic carbocycles. The second-order valence-corrected chi connectivity index (χ2v) is 13.1. The molecular formula is C31H38ClN3O4S. The molecule has 0 bridgehead atoms. The van der Waals surface area contributed by atoms with Crippen molar-refractivity contribution in [3.63, 3.8) is 0 Å². The Kier molecular flexibility index (Phi) is 10.0. The number of aryl methyl sites for hydroxylation is 1. The molecule has 0 aliphatic heterocycles. The molecule has 1 N–H and O–H groups in total. The van der Waals surface area contributed by atoms with Crippen molar-refractivity contribution >= 4 is 39.1 Å². The number of halogens is 1. The van der Waals surface area contributed by atoms with Crippen LogP contribution >= 0.6 is 11.6 Å². The molecule has 7 nitrogen and oxygen atoms in total. The van der Waals surface area contributed by atoms with Gasteiger partial charge >= 0.3 is 0 Å². The smallest absolute Gasteiger partial charge is 0.264 e. The Morgan fingerprint density at radius 1 is 0.925 bits per heavy atom. The second-order valence-electron chi connectivity index (χ2n) is 10.9. The second kappa shape index (κ2) is 12.9. The summed E-state index contributed by atoms with van der Waals surface area (Å²) in [5.74, 6) is -0.805. The number of hydrogen-bond donors (Lipinski definition) is 1. The lowest BCUT2D eigenvalue weighted by Crippen LogP contribution is -2.55. The Labute approximate surface area is 243 Å². The summed E-state index contributed by atoms with van der Waals surface area (Å²) in [4.78, 5) is 29.0. The van der Waals surface area contributed by atoms with Crippen LogP contribution in [0.4, 0.5) is 5.69 Å². The van der Waals surface area contributed by atoms with Gasteiger partial charge in [0.25, 0.3) is 10.0 Å². The Balaban J connectivity index is 2.10. The fourth-order valence-electron chi connectivity index (χ4n) is 4.37. The molecule has 1 unspecified atom stereocenters.